The quantitative estimate of drug-likeness (QED) is 0.0538. The number of nitrogens with two attached hydrogens (primary N) is 1. The minimum Gasteiger partial charge on any atom is -0.478 e. The number of nitrogens with zero attached hydrogens (tertiary/aromatic N) is 1. The second kappa shape index (κ2) is 14.1. The SMILES string of the molecule is N=c1ccc2c(-c3cc(C(=O)NCCC(=O)N4Cc5ccccc5C#Cc5ccccc54)ccc3C(=O)O)c3ccc(N)c(S(=O)(=O)O)c3oc-2c1S(=O)(=O)O. The van der Waals surface area contributed by atoms with Gasteiger partial charge in [0.05, 0.1) is 28.8 Å². The second-order valence-corrected chi connectivity index (χ2v) is 15.3. The van der Waals surface area contributed by atoms with Gasteiger partial charge in [-0.15, -0.1) is 0 Å². The van der Waals surface area contributed by atoms with Crippen molar-refractivity contribution >= 4 is 60.4 Å². The Kier molecular flexibility index (Phi) is 9.44. The van der Waals surface area contributed by atoms with Crippen LogP contribution in [0.4, 0.5) is 11.4 Å². The minimum absolute atomic E-state index is 0.113. The van der Waals surface area contributed by atoms with Crippen molar-refractivity contribution in [1.82, 2.24) is 5.32 Å². The number of hydrogen-bond donors (Lipinski definition) is 6. The van der Waals surface area contributed by atoms with Crippen molar-refractivity contribution in [1.29, 1.82) is 5.41 Å². The first-order chi connectivity index (χ1) is 26.5. The fraction of sp³-hybridized carbons (Fsp3) is 0.0769. The fourth-order valence-corrected chi connectivity index (χ4v) is 8.09. The highest BCUT2D eigenvalue weighted by molar-refractivity contribution is 7.86. The van der Waals surface area contributed by atoms with Gasteiger partial charge in [-0.25, -0.2) is 4.79 Å². The Morgan fingerprint density at radius 1 is 0.839 bits per heavy atom. The second-order valence-electron chi connectivity index (χ2n) is 12.6. The van der Waals surface area contributed by atoms with Crippen molar-refractivity contribution < 1.29 is 49.8 Å². The third-order valence-corrected chi connectivity index (χ3v) is 11.0. The van der Waals surface area contributed by atoms with Crippen LogP contribution in [0.5, 0.6) is 0 Å². The standard InChI is InChI=1S/C39H28N4O11S2/c40-29-15-13-26-33(27-14-16-30(41)37(56(51,52)53)35(27)54-34(26)36(29)55(48,49)50)28-19-23(11-12-25(28)39(46)47)38(45)42-18-17-32(44)43-20-24-7-2-1-5-21(24)9-10-22-6-3-4-8-31(22)43/h1-8,11-16,19,40H,17-18,20,41H2,(H,42,45)(H,46,47)(H,48,49,50)(H,51,52,53). The molecule has 3 aliphatic rings. The number of carbonyl (C=O) groups excluding carboxylic acids is 2. The van der Waals surface area contributed by atoms with Crippen molar-refractivity contribution in [2.75, 3.05) is 17.2 Å². The summed E-state index contributed by atoms with van der Waals surface area (Å²) in [6.45, 7) is 0.0859. The van der Waals surface area contributed by atoms with E-state index in [1.54, 1.807) is 23.1 Å². The molecule has 0 saturated carbocycles. The lowest BCUT2D eigenvalue weighted by atomic mass is 9.89. The highest BCUT2D eigenvalue weighted by Gasteiger charge is 2.32. The van der Waals surface area contributed by atoms with Crippen molar-refractivity contribution in [3.8, 4) is 34.3 Å². The van der Waals surface area contributed by atoms with E-state index >= 15 is 0 Å². The van der Waals surface area contributed by atoms with E-state index in [1.165, 1.54) is 18.2 Å². The predicted octanol–water partition coefficient (Wildman–Crippen LogP) is 4.52. The van der Waals surface area contributed by atoms with Gasteiger partial charge in [-0.05, 0) is 71.8 Å². The van der Waals surface area contributed by atoms with E-state index in [2.05, 4.69) is 17.2 Å². The molecule has 2 amide bonds. The number of aromatic carboxylic acids is 1. The minimum atomic E-state index is -5.24. The molecule has 2 aliphatic heterocycles. The molecule has 0 aromatic heterocycles. The van der Waals surface area contributed by atoms with Gasteiger partial charge in [0.2, 0.25) is 5.91 Å². The number of carboxylic acid groups (broad SMARTS) is 1. The number of fused-ring (bicyclic) bond motifs is 4. The van der Waals surface area contributed by atoms with E-state index in [9.17, 15) is 45.4 Å². The lowest BCUT2D eigenvalue weighted by Crippen LogP contribution is -2.35. The average molecular weight is 793 g/mol. The summed E-state index contributed by atoms with van der Waals surface area (Å²) >= 11 is 0. The molecule has 1 aliphatic carbocycles. The summed E-state index contributed by atoms with van der Waals surface area (Å²) in [5, 5.41) is 20.2. The number of benzene rings is 5. The number of anilines is 2. The molecular weight excluding hydrogens is 765 g/mol. The molecule has 282 valence electrons. The number of carbonyl (C=O) groups is 3. The van der Waals surface area contributed by atoms with E-state index in [-0.39, 0.29) is 53.1 Å². The predicted molar refractivity (Wildman–Crippen MR) is 202 cm³/mol. The molecule has 0 fully saturated rings. The molecule has 56 heavy (non-hydrogen) atoms. The first kappa shape index (κ1) is 37.5. The summed E-state index contributed by atoms with van der Waals surface area (Å²) in [5.74, 6) is 2.96. The van der Waals surface area contributed by atoms with Crippen LogP contribution in [0.2, 0.25) is 0 Å². The van der Waals surface area contributed by atoms with Crippen molar-refractivity contribution in [3.63, 3.8) is 0 Å². The van der Waals surface area contributed by atoms with Gasteiger partial charge in [0.25, 0.3) is 26.1 Å². The molecule has 0 unspecified atom stereocenters. The zero-order valence-corrected chi connectivity index (χ0v) is 30.4. The van der Waals surface area contributed by atoms with E-state index in [0.29, 0.717) is 11.3 Å². The molecule has 0 bridgehead atoms. The number of para-hydroxylation sites is 1. The fourth-order valence-electron chi connectivity index (χ4n) is 6.60. The molecule has 7 rings (SSSR count). The van der Waals surface area contributed by atoms with Gasteiger partial charge < -0.3 is 25.5 Å². The zero-order valence-electron chi connectivity index (χ0n) is 28.7. The maximum Gasteiger partial charge on any atom is 0.336 e. The van der Waals surface area contributed by atoms with Crippen molar-refractivity contribution in [2.24, 2.45) is 0 Å². The molecule has 7 N–H and O–H groups in total. The van der Waals surface area contributed by atoms with Gasteiger partial charge in [-0.3, -0.25) is 24.1 Å². The summed E-state index contributed by atoms with van der Waals surface area (Å²) in [4.78, 5) is 39.5. The monoisotopic (exact) mass is 792 g/mol. The maximum absolute atomic E-state index is 13.7. The molecule has 0 atom stereocenters. The van der Waals surface area contributed by atoms with Gasteiger partial charge >= 0.3 is 5.97 Å². The normalized spacial score (nSPS) is 12.5. The molecule has 15 nitrogen and oxygen atoms in total. The topological polar surface area (TPSA) is 258 Å². The first-order valence-corrected chi connectivity index (χ1v) is 19.4. The molecular formula is C39H28N4O11S2. The first-order valence-electron chi connectivity index (χ1n) is 16.5. The molecule has 0 radical (unpaired) electrons. The van der Waals surface area contributed by atoms with Crippen LogP contribution in [-0.4, -0.2) is 55.4 Å². The van der Waals surface area contributed by atoms with E-state index < -0.39 is 69.9 Å². The molecule has 4 aromatic rings. The molecule has 0 spiro atoms. The lowest BCUT2D eigenvalue weighted by molar-refractivity contribution is -0.118. The Bertz CT molecular complexity index is 3000. The molecule has 4 aromatic carbocycles. The zero-order chi connectivity index (χ0) is 40.1. The Balaban J connectivity index is 1.29. The Morgan fingerprint density at radius 2 is 1.52 bits per heavy atom. The van der Waals surface area contributed by atoms with Crippen molar-refractivity contribution in [3.05, 3.63) is 124 Å². The Morgan fingerprint density at radius 3 is 2.23 bits per heavy atom. The average Bonchev–Trinajstić information content (AvgIpc) is 3.13. The van der Waals surface area contributed by atoms with Crippen LogP contribution in [0, 0.1) is 17.3 Å². The highest BCUT2D eigenvalue weighted by Crippen LogP contribution is 2.46. The largest absolute Gasteiger partial charge is 0.478 e. The van der Waals surface area contributed by atoms with Gasteiger partial charge in [0, 0.05) is 46.2 Å². The number of amides is 2. The summed E-state index contributed by atoms with van der Waals surface area (Å²) in [6.07, 6.45) is -0.140. The number of nitrogens with one attached hydrogen (secondary N) is 2. The maximum atomic E-state index is 13.7. The highest BCUT2D eigenvalue weighted by atomic mass is 32.2. The van der Waals surface area contributed by atoms with Crippen LogP contribution >= 0.6 is 0 Å². The van der Waals surface area contributed by atoms with Gasteiger partial charge in [-0.1, -0.05) is 42.2 Å². The summed E-state index contributed by atoms with van der Waals surface area (Å²) in [6, 6.07) is 22.6. The Labute approximate surface area is 318 Å². The van der Waals surface area contributed by atoms with Crippen LogP contribution in [0.25, 0.3) is 33.4 Å². The number of carboxylic acids is 1. The smallest absolute Gasteiger partial charge is 0.336 e. The summed E-state index contributed by atoms with van der Waals surface area (Å²) < 4.78 is 76.0. The third kappa shape index (κ3) is 6.85. The van der Waals surface area contributed by atoms with Crippen LogP contribution < -0.4 is 21.3 Å². The lowest BCUT2D eigenvalue weighted by Gasteiger charge is -2.26. The number of rotatable bonds is 8. The van der Waals surface area contributed by atoms with Crippen LogP contribution in [-0.2, 0) is 31.6 Å². The summed E-state index contributed by atoms with van der Waals surface area (Å²) in [5.41, 5.74) is 6.30. The third-order valence-electron chi connectivity index (χ3n) is 9.09. The number of hydrogen-bond acceptors (Lipinski definition) is 10. The van der Waals surface area contributed by atoms with Crippen LogP contribution in [0.15, 0.2) is 105 Å². The van der Waals surface area contributed by atoms with Crippen LogP contribution in [0.3, 0.4) is 0 Å². The Hall–Kier alpha value is -6.84. The van der Waals surface area contributed by atoms with E-state index in [4.69, 9.17) is 15.6 Å². The van der Waals surface area contributed by atoms with Crippen LogP contribution in [0.1, 0.15) is 43.8 Å². The van der Waals surface area contributed by atoms with Gasteiger partial charge in [0.15, 0.2) is 21.1 Å². The number of nitrogen functional groups attached to an aromatic ring is 1. The summed E-state index contributed by atoms with van der Waals surface area (Å²) in [7, 11) is -10.4. The van der Waals surface area contributed by atoms with Crippen molar-refractivity contribution in [2.45, 2.75) is 22.8 Å². The molecule has 2 heterocycles. The van der Waals surface area contributed by atoms with E-state index in [0.717, 1.165) is 35.4 Å². The van der Waals surface area contributed by atoms with Gasteiger partial charge in [-0.2, -0.15) is 16.8 Å². The molecule has 17 heteroatoms. The van der Waals surface area contributed by atoms with E-state index in [1.807, 2.05) is 30.3 Å². The van der Waals surface area contributed by atoms with Gasteiger partial charge in [0.1, 0.15) is 0 Å². The molecule has 0 saturated heterocycles.